The highest BCUT2D eigenvalue weighted by Gasteiger charge is 2.32. The number of ether oxygens (including phenoxy) is 2. The van der Waals surface area contributed by atoms with Crippen LogP contribution in [-0.4, -0.2) is 83.3 Å². The third-order valence-electron chi connectivity index (χ3n) is 9.12. The third kappa shape index (κ3) is 9.84. The lowest BCUT2D eigenvalue weighted by molar-refractivity contribution is -0.132. The number of aliphatic hydroxyl groups excluding tert-OH is 1. The number of anilines is 1. The SMILES string of the molecule is CNCCOCC(O)n1nnc2c1-c1ccccc1N(C(=O)CCC(=O)NCCC(C)(C)OCCC(C)(C)C(=O)C(C)C)Cc1ccccc1-2. The van der Waals surface area contributed by atoms with E-state index in [0.717, 1.165) is 11.1 Å². The molecule has 1 aliphatic heterocycles. The van der Waals surface area contributed by atoms with E-state index in [1.165, 1.54) is 4.68 Å². The molecule has 50 heavy (non-hydrogen) atoms. The van der Waals surface area contributed by atoms with Crippen molar-refractivity contribution < 1.29 is 29.0 Å². The topological polar surface area (TPSA) is 148 Å². The fraction of sp³-hybridized carbons (Fsp3) is 0.553. The average Bonchev–Trinajstić information content (AvgIpc) is 3.51. The summed E-state index contributed by atoms with van der Waals surface area (Å²) in [6.07, 6.45) is 0.134. The Morgan fingerprint density at radius 2 is 1.64 bits per heavy atom. The summed E-state index contributed by atoms with van der Waals surface area (Å²) in [5.74, 6) is -0.229. The maximum absolute atomic E-state index is 13.9. The summed E-state index contributed by atoms with van der Waals surface area (Å²) in [5.41, 5.74) is 3.23. The smallest absolute Gasteiger partial charge is 0.227 e. The van der Waals surface area contributed by atoms with Crippen LogP contribution in [0.4, 0.5) is 5.69 Å². The van der Waals surface area contributed by atoms with E-state index in [9.17, 15) is 19.5 Å². The van der Waals surface area contributed by atoms with Crippen molar-refractivity contribution in [3.8, 4) is 22.5 Å². The van der Waals surface area contributed by atoms with Gasteiger partial charge in [-0.05, 0) is 45.4 Å². The summed E-state index contributed by atoms with van der Waals surface area (Å²) >= 11 is 0. The van der Waals surface area contributed by atoms with Crippen LogP contribution in [-0.2, 0) is 30.4 Å². The number of likely N-dealkylation sites (N-methyl/N-ethyl adjacent to an activating group) is 1. The van der Waals surface area contributed by atoms with Gasteiger partial charge in [0, 0.05) is 55.0 Å². The van der Waals surface area contributed by atoms with Crippen molar-refractivity contribution in [3.63, 3.8) is 0 Å². The van der Waals surface area contributed by atoms with E-state index in [1.807, 2.05) is 97.1 Å². The number of aromatic nitrogens is 3. The number of carbonyl (C=O) groups excluding carboxylic acids is 3. The number of hydrogen-bond donors (Lipinski definition) is 3. The van der Waals surface area contributed by atoms with Gasteiger partial charge in [0.2, 0.25) is 11.8 Å². The molecule has 12 nitrogen and oxygen atoms in total. The number of carbonyl (C=O) groups is 3. The Bertz CT molecular complexity index is 1620. The highest BCUT2D eigenvalue weighted by Crippen LogP contribution is 2.42. The van der Waals surface area contributed by atoms with Gasteiger partial charge in [-0.25, -0.2) is 4.68 Å². The van der Waals surface area contributed by atoms with Crippen LogP contribution in [0.2, 0.25) is 0 Å². The van der Waals surface area contributed by atoms with Gasteiger partial charge < -0.3 is 30.1 Å². The first-order valence-electron chi connectivity index (χ1n) is 17.5. The van der Waals surface area contributed by atoms with Gasteiger partial charge in [-0.1, -0.05) is 75.4 Å². The molecule has 2 amide bonds. The van der Waals surface area contributed by atoms with E-state index in [1.54, 1.807) is 4.90 Å². The second-order valence-corrected chi connectivity index (χ2v) is 14.4. The van der Waals surface area contributed by atoms with E-state index >= 15 is 0 Å². The average molecular weight is 691 g/mol. The van der Waals surface area contributed by atoms with Crippen LogP contribution >= 0.6 is 0 Å². The molecule has 0 spiro atoms. The van der Waals surface area contributed by atoms with Gasteiger partial charge in [-0.15, -0.1) is 5.10 Å². The van der Waals surface area contributed by atoms with E-state index in [-0.39, 0.29) is 49.5 Å². The first-order chi connectivity index (χ1) is 23.8. The molecule has 3 aromatic rings. The number of aliphatic hydroxyl groups is 1. The van der Waals surface area contributed by atoms with Gasteiger partial charge in [0.25, 0.3) is 0 Å². The van der Waals surface area contributed by atoms with Crippen LogP contribution < -0.4 is 15.5 Å². The molecule has 1 aromatic heterocycles. The molecule has 12 heteroatoms. The molecule has 272 valence electrons. The number of Topliss-reactive ketones (excluding diaryl/α,β-unsaturated/α-hetero) is 1. The minimum absolute atomic E-state index is 0.00743. The third-order valence-corrected chi connectivity index (χ3v) is 9.12. The van der Waals surface area contributed by atoms with Crippen molar-refractivity contribution >= 4 is 23.3 Å². The van der Waals surface area contributed by atoms with Crippen LogP contribution in [0.1, 0.15) is 79.0 Å². The van der Waals surface area contributed by atoms with Gasteiger partial charge in [-0.3, -0.25) is 14.4 Å². The molecule has 0 aliphatic carbocycles. The van der Waals surface area contributed by atoms with Gasteiger partial charge in [-0.2, -0.15) is 0 Å². The van der Waals surface area contributed by atoms with Crippen molar-refractivity contribution in [1.29, 1.82) is 0 Å². The van der Waals surface area contributed by atoms with Gasteiger partial charge in [0.1, 0.15) is 17.2 Å². The number of ketones is 1. The Hall–Kier alpha value is -3.97. The Morgan fingerprint density at radius 1 is 0.940 bits per heavy atom. The van der Waals surface area contributed by atoms with Crippen molar-refractivity contribution in [3.05, 3.63) is 54.1 Å². The van der Waals surface area contributed by atoms with Crippen molar-refractivity contribution in [2.45, 2.75) is 85.6 Å². The highest BCUT2D eigenvalue weighted by atomic mass is 16.5. The number of nitrogens with one attached hydrogen (secondary N) is 2. The second-order valence-electron chi connectivity index (χ2n) is 14.4. The maximum atomic E-state index is 13.9. The Morgan fingerprint density at radius 3 is 2.36 bits per heavy atom. The van der Waals surface area contributed by atoms with Crippen molar-refractivity contribution in [2.24, 2.45) is 11.3 Å². The van der Waals surface area contributed by atoms with Crippen molar-refractivity contribution in [2.75, 3.05) is 44.9 Å². The number of hydrogen-bond acceptors (Lipinski definition) is 9. The first-order valence-corrected chi connectivity index (χ1v) is 17.5. The molecule has 2 heterocycles. The van der Waals surface area contributed by atoms with Crippen molar-refractivity contribution in [1.82, 2.24) is 25.6 Å². The fourth-order valence-corrected chi connectivity index (χ4v) is 6.15. The molecule has 1 atom stereocenters. The largest absolute Gasteiger partial charge is 0.375 e. The first kappa shape index (κ1) is 38.8. The molecule has 3 N–H and O–H groups in total. The summed E-state index contributed by atoms with van der Waals surface area (Å²) in [6, 6.07) is 15.2. The summed E-state index contributed by atoms with van der Waals surface area (Å²) in [6.45, 7) is 13.9. The standard InChI is InChI=1S/C38H54N6O6/c1-26(2)36(48)37(3,4)19-22-50-38(5,6)18-20-40-31(45)16-17-32(46)43-24-27-12-8-9-13-28(27)34-35(29-14-10-11-15-30(29)43)44(42-41-34)33(47)25-49-23-21-39-7/h8-15,26,33,39,47H,16-25H2,1-7H3,(H,40,45). The van der Waals surface area contributed by atoms with Gasteiger partial charge in [0.05, 0.1) is 31.0 Å². The van der Waals surface area contributed by atoms with Gasteiger partial charge >= 0.3 is 0 Å². The molecule has 0 radical (unpaired) electrons. The molecule has 1 aliphatic rings. The minimum atomic E-state index is -1.10. The molecule has 0 bridgehead atoms. The molecule has 1 unspecified atom stereocenters. The van der Waals surface area contributed by atoms with Crippen LogP contribution in [0, 0.1) is 11.3 Å². The zero-order valence-corrected chi connectivity index (χ0v) is 30.6. The van der Waals surface area contributed by atoms with Crippen LogP contribution in [0.3, 0.4) is 0 Å². The molecule has 0 saturated heterocycles. The number of para-hydroxylation sites is 1. The molecule has 2 aromatic carbocycles. The Balaban J connectivity index is 1.42. The van der Waals surface area contributed by atoms with Crippen LogP contribution in [0.5, 0.6) is 0 Å². The predicted octanol–water partition coefficient (Wildman–Crippen LogP) is 4.91. The zero-order valence-electron chi connectivity index (χ0n) is 30.6. The quantitative estimate of drug-likeness (QED) is 0.159. The van der Waals surface area contributed by atoms with E-state index in [4.69, 9.17) is 9.47 Å². The molecule has 0 saturated carbocycles. The number of fused-ring (bicyclic) bond motifs is 5. The minimum Gasteiger partial charge on any atom is -0.375 e. The van der Waals surface area contributed by atoms with Gasteiger partial charge in [0.15, 0.2) is 6.23 Å². The zero-order chi connectivity index (χ0) is 36.5. The predicted molar refractivity (Wildman–Crippen MR) is 193 cm³/mol. The molecular weight excluding hydrogens is 636 g/mol. The monoisotopic (exact) mass is 690 g/mol. The van der Waals surface area contributed by atoms with E-state index < -0.39 is 17.2 Å². The molecule has 4 rings (SSSR count). The summed E-state index contributed by atoms with van der Waals surface area (Å²) in [5, 5.41) is 25.9. The second kappa shape index (κ2) is 17.3. The fourth-order valence-electron chi connectivity index (χ4n) is 6.15. The summed E-state index contributed by atoms with van der Waals surface area (Å²) in [4.78, 5) is 41.0. The summed E-state index contributed by atoms with van der Waals surface area (Å²) in [7, 11) is 1.83. The lowest BCUT2D eigenvalue weighted by atomic mass is 9.80. The Labute approximate surface area is 295 Å². The molecule has 0 fully saturated rings. The van der Waals surface area contributed by atoms with E-state index in [0.29, 0.717) is 61.8 Å². The number of benzene rings is 2. The number of amides is 2. The lowest BCUT2D eigenvalue weighted by Crippen LogP contribution is -2.36. The summed E-state index contributed by atoms with van der Waals surface area (Å²) < 4.78 is 13.2. The molecular formula is C38H54N6O6. The van der Waals surface area contributed by atoms with E-state index in [2.05, 4.69) is 20.9 Å². The lowest BCUT2D eigenvalue weighted by Gasteiger charge is -2.30. The number of nitrogens with zero attached hydrogens (tertiary/aromatic N) is 4. The van der Waals surface area contributed by atoms with Crippen LogP contribution in [0.25, 0.3) is 22.5 Å². The Kier molecular flexibility index (Phi) is 13.4. The maximum Gasteiger partial charge on any atom is 0.227 e. The van der Waals surface area contributed by atoms with Crippen LogP contribution in [0.15, 0.2) is 48.5 Å². The highest BCUT2D eigenvalue weighted by molar-refractivity contribution is 6.01. The normalized spacial score (nSPS) is 13.6. The number of rotatable bonds is 18.